The number of nitrogens with zero attached hydrogens (tertiary/aromatic N) is 1. The largest absolute Gasteiger partial charge is 0.481 e. The lowest BCUT2D eigenvalue weighted by Crippen LogP contribution is -2.16. The van der Waals surface area contributed by atoms with Crippen molar-refractivity contribution in [1.29, 1.82) is 0 Å². The Bertz CT molecular complexity index is 719. The van der Waals surface area contributed by atoms with E-state index in [-0.39, 0.29) is 12.2 Å². The van der Waals surface area contributed by atoms with Crippen molar-refractivity contribution < 1.29 is 14.3 Å². The number of hydrogen-bond donors (Lipinski definition) is 1. The fourth-order valence-corrected chi connectivity index (χ4v) is 3.53. The van der Waals surface area contributed by atoms with Gasteiger partial charge in [-0.3, -0.25) is 9.78 Å². The first-order valence-corrected chi connectivity index (χ1v) is 8.47. The highest BCUT2D eigenvalue weighted by atomic mass is 19.1. The van der Waals surface area contributed by atoms with Gasteiger partial charge in [-0.25, -0.2) is 4.39 Å². The van der Waals surface area contributed by atoms with Gasteiger partial charge < -0.3 is 5.11 Å². The first kappa shape index (κ1) is 16.6. The maximum Gasteiger partial charge on any atom is 0.303 e. The Morgan fingerprint density at radius 3 is 2.46 bits per heavy atom. The number of pyridine rings is 1. The first-order valence-electron chi connectivity index (χ1n) is 8.47. The molecule has 4 heteroatoms. The molecule has 0 spiro atoms. The summed E-state index contributed by atoms with van der Waals surface area (Å²) in [6.45, 7) is 1.70. The molecule has 0 radical (unpaired) electrons. The third kappa shape index (κ3) is 3.81. The van der Waals surface area contributed by atoms with E-state index in [1.807, 2.05) is 12.1 Å². The van der Waals surface area contributed by atoms with E-state index in [1.165, 1.54) is 11.6 Å². The minimum atomic E-state index is -0.694. The van der Waals surface area contributed by atoms with Crippen LogP contribution in [-0.4, -0.2) is 16.1 Å². The molecular weight excluding hydrogens is 305 g/mol. The molecule has 3 nitrogen and oxygen atoms in total. The van der Waals surface area contributed by atoms with E-state index < -0.39 is 5.97 Å². The molecule has 1 fully saturated rings. The van der Waals surface area contributed by atoms with Crippen LogP contribution in [0.4, 0.5) is 4.39 Å². The summed E-state index contributed by atoms with van der Waals surface area (Å²) in [7, 11) is 0. The average Bonchev–Trinajstić information content (AvgIpc) is 2.58. The second-order valence-corrected chi connectivity index (χ2v) is 6.76. The molecule has 1 saturated carbocycles. The van der Waals surface area contributed by atoms with Crippen molar-refractivity contribution in [2.45, 2.75) is 44.9 Å². The van der Waals surface area contributed by atoms with Gasteiger partial charge in [0, 0.05) is 29.8 Å². The van der Waals surface area contributed by atoms with E-state index in [1.54, 1.807) is 13.1 Å². The van der Waals surface area contributed by atoms with Crippen molar-refractivity contribution in [3.63, 3.8) is 0 Å². The van der Waals surface area contributed by atoms with Crippen LogP contribution in [0.5, 0.6) is 0 Å². The average molecular weight is 327 g/mol. The fraction of sp³-hybridized carbons (Fsp3) is 0.400. The Morgan fingerprint density at radius 1 is 1.21 bits per heavy atom. The van der Waals surface area contributed by atoms with Gasteiger partial charge in [-0.2, -0.15) is 0 Å². The van der Waals surface area contributed by atoms with Gasteiger partial charge in [0.2, 0.25) is 0 Å². The number of rotatable bonds is 4. The quantitative estimate of drug-likeness (QED) is 0.865. The van der Waals surface area contributed by atoms with E-state index in [0.717, 1.165) is 31.2 Å². The topological polar surface area (TPSA) is 50.2 Å². The lowest BCUT2D eigenvalue weighted by Gasteiger charge is -2.28. The molecule has 1 N–H and O–H groups in total. The van der Waals surface area contributed by atoms with Gasteiger partial charge >= 0.3 is 5.97 Å². The summed E-state index contributed by atoms with van der Waals surface area (Å²) in [5, 5.41) is 8.89. The number of benzene rings is 1. The van der Waals surface area contributed by atoms with E-state index in [2.05, 4.69) is 17.1 Å². The van der Waals surface area contributed by atoms with Gasteiger partial charge in [0.05, 0.1) is 5.69 Å². The summed E-state index contributed by atoms with van der Waals surface area (Å²) < 4.78 is 13.7. The number of carboxylic acid groups (broad SMARTS) is 1. The summed E-state index contributed by atoms with van der Waals surface area (Å²) >= 11 is 0. The SMILES string of the molecule is Cc1cnc(-c2ccc(C3CCC(CC(=O)O)CC3)cc2)cc1F. The lowest BCUT2D eigenvalue weighted by atomic mass is 9.77. The monoisotopic (exact) mass is 327 g/mol. The van der Waals surface area contributed by atoms with Gasteiger partial charge in [0.25, 0.3) is 0 Å². The van der Waals surface area contributed by atoms with Crippen molar-refractivity contribution in [3.8, 4) is 11.3 Å². The second-order valence-electron chi connectivity index (χ2n) is 6.76. The summed E-state index contributed by atoms with van der Waals surface area (Å²) in [6.07, 6.45) is 5.87. The highest BCUT2D eigenvalue weighted by Crippen LogP contribution is 2.37. The van der Waals surface area contributed by atoms with Crippen LogP contribution in [0.25, 0.3) is 11.3 Å². The fourth-order valence-electron chi connectivity index (χ4n) is 3.53. The Hall–Kier alpha value is -2.23. The van der Waals surface area contributed by atoms with Gasteiger partial charge in [-0.15, -0.1) is 0 Å². The highest BCUT2D eigenvalue weighted by molar-refractivity contribution is 5.67. The smallest absolute Gasteiger partial charge is 0.303 e. The van der Waals surface area contributed by atoms with Crippen LogP contribution in [0.1, 0.15) is 49.1 Å². The summed E-state index contributed by atoms with van der Waals surface area (Å²) in [6, 6.07) is 9.65. The Morgan fingerprint density at radius 2 is 1.88 bits per heavy atom. The van der Waals surface area contributed by atoms with Gasteiger partial charge in [-0.1, -0.05) is 24.3 Å². The number of carboxylic acids is 1. The molecule has 1 aromatic heterocycles. The van der Waals surface area contributed by atoms with Crippen molar-refractivity contribution in [1.82, 2.24) is 4.98 Å². The number of carbonyl (C=O) groups is 1. The normalized spacial score (nSPS) is 20.8. The number of aromatic nitrogens is 1. The second kappa shape index (κ2) is 7.12. The van der Waals surface area contributed by atoms with Crippen molar-refractivity contribution >= 4 is 5.97 Å². The number of aryl methyl sites for hydroxylation is 1. The molecule has 126 valence electrons. The zero-order chi connectivity index (χ0) is 17.1. The molecule has 3 rings (SSSR count). The van der Waals surface area contributed by atoms with E-state index in [4.69, 9.17) is 5.11 Å². The van der Waals surface area contributed by atoms with Crippen LogP contribution >= 0.6 is 0 Å². The van der Waals surface area contributed by atoms with E-state index in [0.29, 0.717) is 23.1 Å². The lowest BCUT2D eigenvalue weighted by molar-refractivity contribution is -0.138. The van der Waals surface area contributed by atoms with Crippen LogP contribution in [0, 0.1) is 18.7 Å². The molecule has 24 heavy (non-hydrogen) atoms. The molecule has 0 amide bonds. The molecule has 1 aliphatic rings. The molecule has 0 aliphatic heterocycles. The summed E-state index contributed by atoms with van der Waals surface area (Å²) in [4.78, 5) is 15.1. The van der Waals surface area contributed by atoms with Crippen molar-refractivity contribution in [3.05, 3.63) is 53.5 Å². The third-order valence-corrected chi connectivity index (χ3v) is 5.03. The Balaban J connectivity index is 1.67. The number of halogens is 1. The molecule has 1 heterocycles. The van der Waals surface area contributed by atoms with Crippen LogP contribution in [0.3, 0.4) is 0 Å². The maximum atomic E-state index is 13.7. The number of aliphatic carboxylic acids is 1. The summed E-state index contributed by atoms with van der Waals surface area (Å²) in [5.41, 5.74) is 3.39. The van der Waals surface area contributed by atoms with Crippen molar-refractivity contribution in [2.24, 2.45) is 5.92 Å². The first-order chi connectivity index (χ1) is 11.5. The zero-order valence-electron chi connectivity index (χ0n) is 13.8. The maximum absolute atomic E-state index is 13.7. The minimum absolute atomic E-state index is 0.235. The van der Waals surface area contributed by atoms with E-state index >= 15 is 0 Å². The van der Waals surface area contributed by atoms with Gasteiger partial charge in [-0.05, 0) is 50.0 Å². The predicted molar refractivity (Wildman–Crippen MR) is 91.3 cm³/mol. The molecule has 0 bridgehead atoms. The summed E-state index contributed by atoms with van der Waals surface area (Å²) in [5.74, 6) is -0.119. The molecule has 0 unspecified atom stereocenters. The molecule has 2 aromatic rings. The molecule has 1 aliphatic carbocycles. The third-order valence-electron chi connectivity index (χ3n) is 5.03. The Kier molecular flexibility index (Phi) is 4.93. The molecule has 0 saturated heterocycles. The standard InChI is InChI=1S/C20H22FNO2/c1-13-12-22-19(11-18(13)21)17-8-6-16(7-9-17)15-4-2-14(3-5-15)10-20(23)24/h6-9,11-12,14-15H,2-5,10H2,1H3,(H,23,24). The van der Waals surface area contributed by atoms with Gasteiger partial charge in [0.1, 0.15) is 5.82 Å². The molecule has 0 atom stereocenters. The van der Waals surface area contributed by atoms with E-state index in [9.17, 15) is 9.18 Å². The zero-order valence-corrected chi connectivity index (χ0v) is 13.8. The van der Waals surface area contributed by atoms with Crippen LogP contribution in [0.2, 0.25) is 0 Å². The van der Waals surface area contributed by atoms with Crippen LogP contribution < -0.4 is 0 Å². The van der Waals surface area contributed by atoms with Crippen LogP contribution in [0.15, 0.2) is 36.5 Å². The van der Waals surface area contributed by atoms with Crippen LogP contribution in [-0.2, 0) is 4.79 Å². The number of hydrogen-bond acceptors (Lipinski definition) is 2. The Labute approximate surface area is 141 Å². The molecular formula is C20H22FNO2. The minimum Gasteiger partial charge on any atom is -0.481 e. The predicted octanol–water partition coefficient (Wildman–Crippen LogP) is 4.94. The molecule has 1 aromatic carbocycles. The highest BCUT2D eigenvalue weighted by Gasteiger charge is 2.23. The van der Waals surface area contributed by atoms with Gasteiger partial charge in [0.15, 0.2) is 0 Å². The van der Waals surface area contributed by atoms with Crippen molar-refractivity contribution in [2.75, 3.05) is 0 Å².